The van der Waals surface area contributed by atoms with E-state index in [1.165, 1.54) is 12.1 Å². The lowest BCUT2D eigenvalue weighted by molar-refractivity contribution is -0.116. The zero-order valence-electron chi connectivity index (χ0n) is 12.1. The molecule has 0 bridgehead atoms. The molecule has 1 aliphatic heterocycles. The molecule has 0 spiro atoms. The summed E-state index contributed by atoms with van der Waals surface area (Å²) in [5.41, 5.74) is 0.771. The van der Waals surface area contributed by atoms with Gasteiger partial charge < -0.3 is 5.32 Å². The Morgan fingerprint density at radius 2 is 1.65 bits per heavy atom. The largest absolute Gasteiger partial charge is 0.326 e. The number of rotatable bonds is 4. The molecule has 6 nitrogen and oxygen atoms in total. The van der Waals surface area contributed by atoms with Crippen LogP contribution in [0.5, 0.6) is 0 Å². The third kappa shape index (κ3) is 2.83. The summed E-state index contributed by atoms with van der Waals surface area (Å²) in [7, 11) is -3.86. The zero-order chi connectivity index (χ0) is 16.4. The van der Waals surface area contributed by atoms with E-state index in [1.807, 2.05) is 6.07 Å². The first-order chi connectivity index (χ1) is 11.0. The van der Waals surface area contributed by atoms with Crippen molar-refractivity contribution in [2.75, 3.05) is 11.9 Å². The van der Waals surface area contributed by atoms with Gasteiger partial charge in [0, 0.05) is 18.7 Å². The molecule has 1 N–H and O–H groups in total. The summed E-state index contributed by atoms with van der Waals surface area (Å²) >= 11 is 0. The van der Waals surface area contributed by atoms with Crippen molar-refractivity contribution in [2.45, 2.75) is 11.3 Å². The van der Waals surface area contributed by atoms with E-state index in [9.17, 15) is 18.0 Å². The maximum Gasteiger partial charge on any atom is 0.269 e. The van der Waals surface area contributed by atoms with Crippen LogP contribution in [0.2, 0.25) is 0 Å². The van der Waals surface area contributed by atoms with Crippen LogP contribution in [0.15, 0.2) is 59.5 Å². The second kappa shape index (κ2) is 5.85. The molecule has 0 saturated carbocycles. The number of amides is 2. The first-order valence-corrected chi connectivity index (χ1v) is 8.45. The van der Waals surface area contributed by atoms with Gasteiger partial charge in [-0.3, -0.25) is 9.59 Å². The quantitative estimate of drug-likeness (QED) is 0.927. The number of para-hydroxylation sites is 1. The minimum atomic E-state index is -3.86. The molecule has 3 rings (SSSR count). The molecule has 0 fully saturated rings. The molecular weight excluding hydrogens is 316 g/mol. The SMILES string of the molecule is O=C(CCN1C(=O)c2ccccc2S1(=O)=O)Nc1ccccc1. The van der Waals surface area contributed by atoms with Gasteiger partial charge in [-0.25, -0.2) is 12.7 Å². The summed E-state index contributed by atoms with van der Waals surface area (Å²) in [5.74, 6) is -0.941. The summed E-state index contributed by atoms with van der Waals surface area (Å²) in [5, 5.41) is 2.66. The van der Waals surface area contributed by atoms with Crippen molar-refractivity contribution >= 4 is 27.5 Å². The molecule has 0 atom stereocenters. The Bertz CT molecular complexity index is 863. The van der Waals surface area contributed by atoms with Crippen LogP contribution in [0.4, 0.5) is 5.69 Å². The van der Waals surface area contributed by atoms with E-state index in [0.29, 0.717) is 5.69 Å². The number of carbonyl (C=O) groups is 2. The topological polar surface area (TPSA) is 83.6 Å². The minimum Gasteiger partial charge on any atom is -0.326 e. The summed E-state index contributed by atoms with van der Waals surface area (Å²) in [6.07, 6.45) is -0.103. The van der Waals surface area contributed by atoms with E-state index in [0.717, 1.165) is 4.31 Å². The van der Waals surface area contributed by atoms with Crippen molar-refractivity contribution in [3.63, 3.8) is 0 Å². The lowest BCUT2D eigenvalue weighted by atomic mass is 10.2. The summed E-state index contributed by atoms with van der Waals surface area (Å²) in [4.78, 5) is 24.1. The monoisotopic (exact) mass is 330 g/mol. The van der Waals surface area contributed by atoms with Crippen LogP contribution < -0.4 is 5.32 Å². The lowest BCUT2D eigenvalue weighted by Gasteiger charge is -2.14. The number of sulfonamides is 1. The normalized spacial score (nSPS) is 15.3. The highest BCUT2D eigenvalue weighted by molar-refractivity contribution is 7.90. The van der Waals surface area contributed by atoms with Gasteiger partial charge in [0.1, 0.15) is 4.90 Å². The highest BCUT2D eigenvalue weighted by Crippen LogP contribution is 2.29. The predicted octanol–water partition coefficient (Wildman–Crippen LogP) is 1.86. The van der Waals surface area contributed by atoms with Gasteiger partial charge >= 0.3 is 0 Å². The highest BCUT2D eigenvalue weighted by Gasteiger charge is 2.40. The van der Waals surface area contributed by atoms with E-state index in [4.69, 9.17) is 0 Å². The predicted molar refractivity (Wildman–Crippen MR) is 84.4 cm³/mol. The molecule has 23 heavy (non-hydrogen) atoms. The van der Waals surface area contributed by atoms with E-state index in [-0.39, 0.29) is 29.3 Å². The minimum absolute atomic E-state index is 0.00605. The van der Waals surface area contributed by atoms with E-state index >= 15 is 0 Å². The first-order valence-electron chi connectivity index (χ1n) is 7.01. The van der Waals surface area contributed by atoms with Gasteiger partial charge in [-0.05, 0) is 24.3 Å². The van der Waals surface area contributed by atoms with E-state index in [1.54, 1.807) is 36.4 Å². The zero-order valence-corrected chi connectivity index (χ0v) is 12.9. The molecule has 0 radical (unpaired) electrons. The fourth-order valence-corrected chi connectivity index (χ4v) is 3.97. The Kier molecular flexibility index (Phi) is 3.87. The number of anilines is 1. The van der Waals surface area contributed by atoms with Gasteiger partial charge in [0.25, 0.3) is 15.9 Å². The van der Waals surface area contributed by atoms with Gasteiger partial charge in [-0.2, -0.15) is 0 Å². The molecule has 0 aliphatic carbocycles. The molecule has 0 saturated heterocycles. The molecule has 7 heteroatoms. The van der Waals surface area contributed by atoms with Crippen molar-refractivity contribution in [3.05, 3.63) is 60.2 Å². The number of benzene rings is 2. The second-order valence-corrected chi connectivity index (χ2v) is 6.87. The van der Waals surface area contributed by atoms with E-state index in [2.05, 4.69) is 5.32 Å². The Hall–Kier alpha value is -2.67. The molecule has 118 valence electrons. The molecule has 2 aromatic carbocycles. The number of hydrogen-bond acceptors (Lipinski definition) is 4. The lowest BCUT2D eigenvalue weighted by Crippen LogP contribution is -2.33. The number of hydrogen-bond donors (Lipinski definition) is 1. The summed E-state index contributed by atoms with van der Waals surface area (Å²) in [6.45, 7) is -0.186. The number of carbonyl (C=O) groups excluding carboxylic acids is 2. The van der Waals surface area contributed by atoms with Gasteiger partial charge in [0.05, 0.1) is 5.56 Å². The van der Waals surface area contributed by atoms with Crippen LogP contribution >= 0.6 is 0 Å². The van der Waals surface area contributed by atoms with Crippen molar-refractivity contribution in [1.82, 2.24) is 4.31 Å². The van der Waals surface area contributed by atoms with E-state index < -0.39 is 15.9 Å². The molecule has 2 amide bonds. The Morgan fingerprint density at radius 3 is 2.35 bits per heavy atom. The fourth-order valence-electron chi connectivity index (χ4n) is 2.40. The van der Waals surface area contributed by atoms with Crippen LogP contribution in [0.3, 0.4) is 0 Å². The number of nitrogens with one attached hydrogen (secondary N) is 1. The Balaban J connectivity index is 1.70. The molecule has 0 unspecified atom stereocenters. The van der Waals surface area contributed by atoms with Gasteiger partial charge in [0.15, 0.2) is 0 Å². The van der Waals surface area contributed by atoms with Crippen molar-refractivity contribution in [2.24, 2.45) is 0 Å². The second-order valence-electron chi connectivity index (χ2n) is 5.04. The molecule has 0 aromatic heterocycles. The van der Waals surface area contributed by atoms with Gasteiger partial charge in [-0.15, -0.1) is 0 Å². The smallest absolute Gasteiger partial charge is 0.269 e. The summed E-state index contributed by atoms with van der Waals surface area (Å²) < 4.78 is 25.4. The maximum atomic E-state index is 12.3. The van der Waals surface area contributed by atoms with Crippen LogP contribution in [-0.2, 0) is 14.8 Å². The van der Waals surface area contributed by atoms with Crippen LogP contribution in [0, 0.1) is 0 Å². The molecule has 1 heterocycles. The average Bonchev–Trinajstić information content (AvgIpc) is 2.74. The Labute approximate surface area is 133 Å². The molecular formula is C16H14N2O4S. The Morgan fingerprint density at radius 1 is 1.00 bits per heavy atom. The standard InChI is InChI=1S/C16H14N2O4S/c19-15(17-12-6-2-1-3-7-12)10-11-18-16(20)13-8-4-5-9-14(13)23(18,21)22/h1-9H,10-11H2,(H,17,19). The number of fused-ring (bicyclic) bond motifs is 1. The highest BCUT2D eigenvalue weighted by atomic mass is 32.2. The average molecular weight is 330 g/mol. The third-order valence-electron chi connectivity index (χ3n) is 3.51. The first kappa shape index (κ1) is 15.2. The van der Waals surface area contributed by atoms with Crippen molar-refractivity contribution in [3.8, 4) is 0 Å². The van der Waals surface area contributed by atoms with Crippen molar-refractivity contribution in [1.29, 1.82) is 0 Å². The third-order valence-corrected chi connectivity index (χ3v) is 5.35. The maximum absolute atomic E-state index is 12.3. The summed E-state index contributed by atoms with van der Waals surface area (Å²) in [6, 6.07) is 14.9. The van der Waals surface area contributed by atoms with Gasteiger partial charge in [-0.1, -0.05) is 30.3 Å². The fraction of sp³-hybridized carbons (Fsp3) is 0.125. The number of nitrogens with zero attached hydrogens (tertiary/aromatic N) is 1. The van der Waals surface area contributed by atoms with Gasteiger partial charge in [0.2, 0.25) is 5.91 Å². The van der Waals surface area contributed by atoms with Crippen molar-refractivity contribution < 1.29 is 18.0 Å². The molecule has 1 aliphatic rings. The van der Waals surface area contributed by atoms with Crippen LogP contribution in [0.25, 0.3) is 0 Å². The molecule has 2 aromatic rings. The van der Waals surface area contributed by atoms with Crippen LogP contribution in [0.1, 0.15) is 16.8 Å². The van der Waals surface area contributed by atoms with Crippen LogP contribution in [-0.4, -0.2) is 31.1 Å².